The van der Waals surface area contributed by atoms with Crippen molar-refractivity contribution in [2.75, 3.05) is 6.61 Å². The monoisotopic (exact) mass is 392 g/mol. The molecule has 126 valence electrons. The molecule has 0 aliphatic carbocycles. The highest BCUT2D eigenvalue weighted by Crippen LogP contribution is 2.16. The molecular weight excluding hydrogens is 376 g/mol. The SMILES string of the molecule is CC(=O)c1c[nH]c(C(=O)OCC(=O)N[C@H](C)c2ccc(Br)cc2)c1. The maximum Gasteiger partial charge on any atom is 0.355 e. The largest absolute Gasteiger partial charge is 0.451 e. The number of H-pyrrole nitrogens is 1. The molecule has 1 aromatic heterocycles. The summed E-state index contributed by atoms with van der Waals surface area (Å²) in [6, 6.07) is 8.74. The van der Waals surface area contributed by atoms with Crippen molar-refractivity contribution in [1.82, 2.24) is 10.3 Å². The summed E-state index contributed by atoms with van der Waals surface area (Å²) in [5.74, 6) is -1.25. The zero-order chi connectivity index (χ0) is 17.7. The first kappa shape index (κ1) is 17.9. The zero-order valence-electron chi connectivity index (χ0n) is 13.3. The predicted molar refractivity (Wildman–Crippen MR) is 91.8 cm³/mol. The van der Waals surface area contributed by atoms with Gasteiger partial charge in [0, 0.05) is 16.2 Å². The van der Waals surface area contributed by atoms with Crippen LogP contribution in [0.1, 0.15) is 46.3 Å². The third kappa shape index (κ3) is 4.79. The molecule has 0 aliphatic rings. The highest BCUT2D eigenvalue weighted by Gasteiger charge is 2.15. The smallest absolute Gasteiger partial charge is 0.355 e. The molecule has 6 nitrogen and oxygen atoms in total. The number of hydrogen-bond donors (Lipinski definition) is 2. The molecule has 0 spiro atoms. The van der Waals surface area contributed by atoms with Gasteiger partial charge in [0.25, 0.3) is 5.91 Å². The van der Waals surface area contributed by atoms with Crippen LogP contribution < -0.4 is 5.32 Å². The van der Waals surface area contributed by atoms with Gasteiger partial charge in [0.15, 0.2) is 12.4 Å². The van der Waals surface area contributed by atoms with E-state index in [2.05, 4.69) is 26.2 Å². The number of hydrogen-bond acceptors (Lipinski definition) is 4. The van der Waals surface area contributed by atoms with Crippen molar-refractivity contribution in [3.8, 4) is 0 Å². The first-order valence-corrected chi connectivity index (χ1v) is 8.07. The van der Waals surface area contributed by atoms with Crippen LogP contribution in [0.15, 0.2) is 41.0 Å². The minimum absolute atomic E-state index is 0.133. The highest BCUT2D eigenvalue weighted by atomic mass is 79.9. The molecule has 0 unspecified atom stereocenters. The highest BCUT2D eigenvalue weighted by molar-refractivity contribution is 9.10. The van der Waals surface area contributed by atoms with E-state index in [1.54, 1.807) is 0 Å². The molecule has 1 atom stereocenters. The third-order valence-electron chi connectivity index (χ3n) is 3.39. The fourth-order valence-corrected chi connectivity index (χ4v) is 2.31. The Morgan fingerprint density at radius 2 is 1.92 bits per heavy atom. The Labute approximate surface area is 147 Å². The molecule has 24 heavy (non-hydrogen) atoms. The Bertz CT molecular complexity index is 752. The van der Waals surface area contributed by atoms with Gasteiger partial charge >= 0.3 is 5.97 Å². The van der Waals surface area contributed by atoms with Crippen molar-refractivity contribution in [1.29, 1.82) is 0 Å². The molecular formula is C17H17BrN2O4. The maximum absolute atomic E-state index is 11.9. The quantitative estimate of drug-likeness (QED) is 0.584. The van der Waals surface area contributed by atoms with E-state index in [1.807, 2.05) is 31.2 Å². The summed E-state index contributed by atoms with van der Waals surface area (Å²) in [5.41, 5.74) is 1.46. The molecule has 2 N–H and O–H groups in total. The number of nitrogens with one attached hydrogen (secondary N) is 2. The molecule has 0 saturated carbocycles. The Kier molecular flexibility index (Phi) is 5.92. The number of ether oxygens (including phenoxy) is 1. The summed E-state index contributed by atoms with van der Waals surface area (Å²) >= 11 is 3.35. The Balaban J connectivity index is 1.84. The van der Waals surface area contributed by atoms with Crippen LogP contribution in [0.2, 0.25) is 0 Å². The van der Waals surface area contributed by atoms with E-state index in [0.717, 1.165) is 10.0 Å². The molecule has 2 aromatic rings. The number of Topliss-reactive ketones (excluding diaryl/α,β-unsaturated/α-hetero) is 1. The molecule has 0 fully saturated rings. The lowest BCUT2D eigenvalue weighted by Gasteiger charge is -2.14. The first-order chi connectivity index (χ1) is 11.4. The number of ketones is 1. The Morgan fingerprint density at radius 3 is 2.50 bits per heavy atom. The van der Waals surface area contributed by atoms with E-state index in [4.69, 9.17) is 4.74 Å². The van der Waals surface area contributed by atoms with Crippen molar-refractivity contribution in [2.24, 2.45) is 0 Å². The van der Waals surface area contributed by atoms with Crippen LogP contribution >= 0.6 is 15.9 Å². The van der Waals surface area contributed by atoms with Gasteiger partial charge < -0.3 is 15.0 Å². The van der Waals surface area contributed by atoms with E-state index in [-0.39, 0.29) is 17.5 Å². The van der Waals surface area contributed by atoms with Gasteiger partial charge in [0.05, 0.1) is 6.04 Å². The lowest BCUT2D eigenvalue weighted by atomic mass is 10.1. The summed E-state index contributed by atoms with van der Waals surface area (Å²) < 4.78 is 5.89. The number of aromatic amines is 1. The number of aromatic nitrogens is 1. The summed E-state index contributed by atoms with van der Waals surface area (Å²) in [7, 11) is 0. The van der Waals surface area contributed by atoms with Crippen molar-refractivity contribution in [2.45, 2.75) is 19.9 Å². The fraction of sp³-hybridized carbons (Fsp3) is 0.235. The molecule has 0 bridgehead atoms. The van der Waals surface area contributed by atoms with Gasteiger partial charge in [0.1, 0.15) is 5.69 Å². The summed E-state index contributed by atoms with van der Waals surface area (Å²) in [6.45, 7) is 2.84. The summed E-state index contributed by atoms with van der Waals surface area (Å²) in [6.07, 6.45) is 1.43. The van der Waals surface area contributed by atoms with Crippen LogP contribution in [0.3, 0.4) is 0 Å². The Morgan fingerprint density at radius 1 is 1.25 bits per heavy atom. The first-order valence-electron chi connectivity index (χ1n) is 7.28. The van der Waals surface area contributed by atoms with Crippen molar-refractivity contribution in [3.05, 3.63) is 57.8 Å². The number of carbonyl (C=O) groups is 3. The number of amides is 1. The minimum Gasteiger partial charge on any atom is -0.451 e. The summed E-state index contributed by atoms with van der Waals surface area (Å²) in [5, 5.41) is 2.75. The number of esters is 1. The van der Waals surface area contributed by atoms with E-state index < -0.39 is 18.5 Å². The van der Waals surface area contributed by atoms with Gasteiger partial charge in [-0.15, -0.1) is 0 Å². The molecule has 1 amide bonds. The number of carbonyl (C=O) groups excluding carboxylic acids is 3. The van der Waals surface area contributed by atoms with Crippen molar-refractivity contribution in [3.63, 3.8) is 0 Å². The van der Waals surface area contributed by atoms with Gasteiger partial charge in [-0.2, -0.15) is 0 Å². The summed E-state index contributed by atoms with van der Waals surface area (Å²) in [4.78, 5) is 37.5. The van der Waals surface area contributed by atoms with Gasteiger partial charge in [-0.05, 0) is 37.6 Å². The average molecular weight is 393 g/mol. The van der Waals surface area contributed by atoms with E-state index in [0.29, 0.717) is 5.56 Å². The van der Waals surface area contributed by atoms with Crippen molar-refractivity contribution >= 4 is 33.6 Å². The second-order valence-electron chi connectivity index (χ2n) is 5.28. The van der Waals surface area contributed by atoms with Crippen LogP contribution in [0.4, 0.5) is 0 Å². The van der Waals surface area contributed by atoms with E-state index in [9.17, 15) is 14.4 Å². The topological polar surface area (TPSA) is 88.3 Å². The average Bonchev–Trinajstić information content (AvgIpc) is 3.03. The molecule has 0 aliphatic heterocycles. The van der Waals surface area contributed by atoms with E-state index >= 15 is 0 Å². The van der Waals surface area contributed by atoms with Crippen molar-refractivity contribution < 1.29 is 19.1 Å². The van der Waals surface area contributed by atoms with Gasteiger partial charge in [-0.3, -0.25) is 9.59 Å². The molecule has 1 heterocycles. The van der Waals surface area contributed by atoms with Crippen LogP contribution in [-0.2, 0) is 9.53 Å². The maximum atomic E-state index is 11.9. The lowest BCUT2D eigenvalue weighted by molar-refractivity contribution is -0.124. The molecule has 1 aromatic carbocycles. The normalized spacial score (nSPS) is 11.6. The van der Waals surface area contributed by atoms with Crippen LogP contribution in [0.5, 0.6) is 0 Å². The second-order valence-corrected chi connectivity index (χ2v) is 6.19. The molecule has 0 radical (unpaired) electrons. The minimum atomic E-state index is -0.686. The van der Waals surface area contributed by atoms with Gasteiger partial charge in [-0.1, -0.05) is 28.1 Å². The lowest BCUT2D eigenvalue weighted by Crippen LogP contribution is -2.31. The van der Waals surface area contributed by atoms with E-state index in [1.165, 1.54) is 19.2 Å². The Hall–Kier alpha value is -2.41. The van der Waals surface area contributed by atoms with Gasteiger partial charge in [-0.25, -0.2) is 4.79 Å². The molecule has 2 rings (SSSR count). The number of halogens is 1. The fourth-order valence-electron chi connectivity index (χ4n) is 2.04. The number of rotatable bonds is 6. The molecule has 7 heteroatoms. The van der Waals surface area contributed by atoms with Crippen LogP contribution in [0.25, 0.3) is 0 Å². The zero-order valence-corrected chi connectivity index (χ0v) is 14.8. The predicted octanol–water partition coefficient (Wildman–Crippen LogP) is 3.01. The van der Waals surface area contributed by atoms with Crippen LogP contribution in [-0.4, -0.2) is 29.3 Å². The van der Waals surface area contributed by atoms with Gasteiger partial charge in [0.2, 0.25) is 0 Å². The third-order valence-corrected chi connectivity index (χ3v) is 3.92. The number of benzene rings is 1. The van der Waals surface area contributed by atoms with Crippen LogP contribution in [0, 0.1) is 0 Å². The standard InChI is InChI=1S/C17H17BrN2O4/c1-10(12-3-5-14(18)6-4-12)20-16(22)9-24-17(23)15-7-13(8-19-15)11(2)21/h3-8,10,19H,9H2,1-2H3,(H,20,22)/t10-/m1/s1. The second kappa shape index (κ2) is 7.92. The molecule has 0 saturated heterocycles.